The van der Waals surface area contributed by atoms with Crippen LogP contribution in [0.1, 0.15) is 419 Å². The van der Waals surface area contributed by atoms with Crippen molar-refractivity contribution in [1.82, 2.24) is 0 Å². The van der Waals surface area contributed by atoms with Crippen molar-refractivity contribution in [3.63, 3.8) is 0 Å². The minimum absolute atomic E-state index is 0.0666. The molecule has 0 heterocycles. The van der Waals surface area contributed by atoms with Gasteiger partial charge in [0.2, 0.25) is 0 Å². The maximum Gasteiger partial charge on any atom is 0.306 e. The summed E-state index contributed by atoms with van der Waals surface area (Å²) in [5.74, 6) is -0.840. The van der Waals surface area contributed by atoms with Gasteiger partial charge in [-0.25, -0.2) is 0 Å². The Kier molecular flexibility index (Phi) is 68.5. The lowest BCUT2D eigenvalue weighted by atomic mass is 10.0. The molecule has 478 valence electrons. The summed E-state index contributed by atoms with van der Waals surface area (Å²) >= 11 is 0. The Hall–Kier alpha value is -2.11. The van der Waals surface area contributed by atoms with E-state index in [1.165, 1.54) is 315 Å². The summed E-state index contributed by atoms with van der Waals surface area (Å²) in [4.78, 5) is 38.4. The molecule has 81 heavy (non-hydrogen) atoms. The van der Waals surface area contributed by atoms with E-state index in [0.717, 1.165) is 64.2 Å². The molecule has 0 bridgehead atoms. The van der Waals surface area contributed by atoms with Crippen LogP contribution in [0, 0.1) is 0 Å². The molecule has 0 saturated carbocycles. The fourth-order valence-corrected chi connectivity index (χ4v) is 11.4. The molecule has 0 aliphatic carbocycles. The summed E-state index contributed by atoms with van der Waals surface area (Å²) in [6.07, 6.45) is 86.6. The van der Waals surface area contributed by atoms with Gasteiger partial charge in [-0.3, -0.25) is 14.4 Å². The Balaban J connectivity index is 4.09. The fraction of sp³-hybridized carbons (Fsp3) is 0.907. The molecular formula is C75H142O6. The third-order valence-electron chi connectivity index (χ3n) is 17.0. The summed E-state index contributed by atoms with van der Waals surface area (Å²) in [6.45, 7) is 6.69. The van der Waals surface area contributed by atoms with Crippen molar-refractivity contribution >= 4 is 17.9 Å². The Morgan fingerprint density at radius 2 is 0.444 bits per heavy atom. The predicted molar refractivity (Wildman–Crippen MR) is 353 cm³/mol. The van der Waals surface area contributed by atoms with Crippen LogP contribution in [0.3, 0.4) is 0 Å². The van der Waals surface area contributed by atoms with Gasteiger partial charge in [-0.05, 0) is 51.4 Å². The van der Waals surface area contributed by atoms with E-state index in [1.54, 1.807) is 0 Å². The normalized spacial score (nSPS) is 12.1. The molecule has 0 spiro atoms. The van der Waals surface area contributed by atoms with Crippen molar-refractivity contribution in [2.75, 3.05) is 13.2 Å². The van der Waals surface area contributed by atoms with Gasteiger partial charge in [-0.1, -0.05) is 373 Å². The Bertz CT molecular complexity index is 1310. The molecule has 0 aliphatic rings. The van der Waals surface area contributed by atoms with Gasteiger partial charge in [0.15, 0.2) is 6.10 Å². The lowest BCUT2D eigenvalue weighted by molar-refractivity contribution is -0.167. The van der Waals surface area contributed by atoms with Crippen molar-refractivity contribution < 1.29 is 28.6 Å². The van der Waals surface area contributed by atoms with E-state index in [0.29, 0.717) is 19.3 Å². The molecule has 0 aromatic carbocycles. The number of hydrogen-bond acceptors (Lipinski definition) is 6. The first-order valence-corrected chi connectivity index (χ1v) is 36.8. The van der Waals surface area contributed by atoms with E-state index in [4.69, 9.17) is 14.2 Å². The van der Waals surface area contributed by atoms with Crippen molar-refractivity contribution in [3.05, 3.63) is 24.3 Å². The fourth-order valence-electron chi connectivity index (χ4n) is 11.4. The van der Waals surface area contributed by atoms with Crippen LogP contribution < -0.4 is 0 Å². The van der Waals surface area contributed by atoms with E-state index in [-0.39, 0.29) is 31.1 Å². The van der Waals surface area contributed by atoms with E-state index in [2.05, 4.69) is 45.1 Å². The van der Waals surface area contributed by atoms with Crippen LogP contribution >= 0.6 is 0 Å². The Morgan fingerprint density at radius 1 is 0.247 bits per heavy atom. The monoisotopic (exact) mass is 1140 g/mol. The second-order valence-electron chi connectivity index (χ2n) is 25.2. The van der Waals surface area contributed by atoms with Crippen LogP contribution in [0.25, 0.3) is 0 Å². The molecule has 0 saturated heterocycles. The van der Waals surface area contributed by atoms with Crippen molar-refractivity contribution in [2.45, 2.75) is 425 Å². The first-order chi connectivity index (χ1) is 40.0. The van der Waals surface area contributed by atoms with Gasteiger partial charge < -0.3 is 14.2 Å². The average molecular weight is 1140 g/mol. The van der Waals surface area contributed by atoms with Gasteiger partial charge in [-0.15, -0.1) is 0 Å². The van der Waals surface area contributed by atoms with Gasteiger partial charge in [0.1, 0.15) is 13.2 Å². The molecule has 0 aromatic heterocycles. The van der Waals surface area contributed by atoms with E-state index < -0.39 is 6.10 Å². The summed E-state index contributed by atoms with van der Waals surface area (Å²) in [5, 5.41) is 0. The zero-order chi connectivity index (χ0) is 58.5. The van der Waals surface area contributed by atoms with Gasteiger partial charge in [-0.2, -0.15) is 0 Å². The van der Waals surface area contributed by atoms with E-state index >= 15 is 0 Å². The molecule has 0 aliphatic heterocycles. The zero-order valence-corrected chi connectivity index (χ0v) is 55.1. The highest BCUT2D eigenvalue weighted by Gasteiger charge is 2.20. The standard InChI is InChI=1S/C75H142O6/c1-4-7-10-13-16-19-22-25-27-29-31-32-33-34-35-36-37-38-39-40-41-42-43-45-46-48-50-53-56-59-62-65-68-74(77)80-71-72(70-79-73(76)67-64-61-58-55-52-24-21-18-15-12-9-6-3)81-75(78)69-66-63-60-57-54-51-49-47-44-30-28-26-23-20-17-14-11-8-5-2/h17,20,26,28,72H,4-16,18-19,21-25,27,29-71H2,1-3H3/b20-17-,28-26-. The number of carbonyl (C=O) groups is 3. The van der Waals surface area contributed by atoms with Crippen molar-refractivity contribution in [1.29, 1.82) is 0 Å². The maximum absolute atomic E-state index is 12.9. The van der Waals surface area contributed by atoms with Crippen LogP contribution in [-0.4, -0.2) is 37.2 Å². The highest BCUT2D eigenvalue weighted by molar-refractivity contribution is 5.71. The lowest BCUT2D eigenvalue weighted by Gasteiger charge is -2.18. The number of unbranched alkanes of at least 4 members (excludes halogenated alkanes) is 54. The van der Waals surface area contributed by atoms with Gasteiger partial charge >= 0.3 is 17.9 Å². The molecule has 1 atom stereocenters. The molecule has 0 amide bonds. The first-order valence-electron chi connectivity index (χ1n) is 36.8. The summed E-state index contributed by atoms with van der Waals surface area (Å²) < 4.78 is 17.0. The Morgan fingerprint density at radius 3 is 0.704 bits per heavy atom. The molecular weight excluding hydrogens is 997 g/mol. The molecule has 1 unspecified atom stereocenters. The molecule has 0 radical (unpaired) electrons. The third-order valence-corrected chi connectivity index (χ3v) is 17.0. The van der Waals surface area contributed by atoms with Gasteiger partial charge in [0.25, 0.3) is 0 Å². The molecule has 0 rings (SSSR count). The number of allylic oxidation sites excluding steroid dienone is 4. The van der Waals surface area contributed by atoms with Crippen molar-refractivity contribution in [2.24, 2.45) is 0 Å². The highest BCUT2D eigenvalue weighted by atomic mass is 16.6. The van der Waals surface area contributed by atoms with Crippen LogP contribution in [0.4, 0.5) is 0 Å². The number of rotatable bonds is 69. The quantitative estimate of drug-likeness (QED) is 0.0261. The van der Waals surface area contributed by atoms with E-state index in [1.807, 2.05) is 0 Å². The van der Waals surface area contributed by atoms with Crippen LogP contribution in [0.5, 0.6) is 0 Å². The minimum atomic E-state index is -0.770. The second kappa shape index (κ2) is 70.4. The van der Waals surface area contributed by atoms with Crippen LogP contribution in [0.2, 0.25) is 0 Å². The second-order valence-corrected chi connectivity index (χ2v) is 25.2. The molecule has 6 nitrogen and oxygen atoms in total. The minimum Gasteiger partial charge on any atom is -0.462 e. The SMILES string of the molecule is CCCCC/C=C\C/C=C\CCCCCCCCCCCC(=O)OC(COC(=O)CCCCCCCCCCCCCC)COC(=O)CCCCCCCCCCCCCCCCCCCCCCCCCCCCCCCCCC. The molecule has 6 heteroatoms. The number of hydrogen-bond donors (Lipinski definition) is 0. The number of carbonyl (C=O) groups excluding carboxylic acids is 3. The largest absolute Gasteiger partial charge is 0.462 e. The molecule has 0 aromatic rings. The van der Waals surface area contributed by atoms with Crippen molar-refractivity contribution in [3.8, 4) is 0 Å². The average Bonchev–Trinajstić information content (AvgIpc) is 3.47. The summed E-state index contributed by atoms with van der Waals surface area (Å²) in [7, 11) is 0. The molecule has 0 N–H and O–H groups in total. The third kappa shape index (κ3) is 68.6. The summed E-state index contributed by atoms with van der Waals surface area (Å²) in [6, 6.07) is 0. The first kappa shape index (κ1) is 78.9. The lowest BCUT2D eigenvalue weighted by Crippen LogP contribution is -2.30. The number of esters is 3. The predicted octanol–water partition coefficient (Wildman–Crippen LogP) is 25.3. The topological polar surface area (TPSA) is 78.9 Å². The zero-order valence-electron chi connectivity index (χ0n) is 55.1. The van der Waals surface area contributed by atoms with E-state index in [9.17, 15) is 14.4 Å². The van der Waals surface area contributed by atoms with Gasteiger partial charge in [0.05, 0.1) is 0 Å². The summed E-state index contributed by atoms with van der Waals surface area (Å²) in [5.41, 5.74) is 0. The smallest absolute Gasteiger partial charge is 0.306 e. The number of ether oxygens (including phenoxy) is 3. The maximum atomic E-state index is 12.9. The Labute approximate surface area is 506 Å². The highest BCUT2D eigenvalue weighted by Crippen LogP contribution is 2.19. The van der Waals surface area contributed by atoms with Crippen LogP contribution in [0.15, 0.2) is 24.3 Å². The molecule has 0 fully saturated rings. The van der Waals surface area contributed by atoms with Gasteiger partial charge in [0, 0.05) is 19.3 Å². The van der Waals surface area contributed by atoms with Crippen LogP contribution in [-0.2, 0) is 28.6 Å².